The quantitative estimate of drug-likeness (QED) is 0.606. The Balaban J connectivity index is 1.91. The number of methoxy groups -OCH3 is 1. The Morgan fingerprint density at radius 1 is 1.12 bits per heavy atom. The molecule has 0 radical (unpaired) electrons. The average Bonchev–Trinajstić information content (AvgIpc) is 3.10. The number of rotatable bonds is 7. The summed E-state index contributed by atoms with van der Waals surface area (Å²) in [6, 6.07) is 10.4. The van der Waals surface area contributed by atoms with Crippen molar-refractivity contribution in [2.45, 2.75) is 26.5 Å². The maximum absolute atomic E-state index is 12.1. The molecule has 2 aromatic rings. The van der Waals surface area contributed by atoms with E-state index < -0.39 is 18.0 Å². The van der Waals surface area contributed by atoms with Crippen molar-refractivity contribution in [3.8, 4) is 5.75 Å². The molecule has 7 heteroatoms. The van der Waals surface area contributed by atoms with Crippen molar-refractivity contribution in [3.05, 3.63) is 51.7 Å². The van der Waals surface area contributed by atoms with Crippen LogP contribution in [0.15, 0.2) is 36.4 Å². The number of hydrogen-bond acceptors (Lipinski definition) is 6. The molecule has 1 aromatic carbocycles. The highest BCUT2D eigenvalue weighted by Crippen LogP contribution is 2.19. The zero-order chi connectivity index (χ0) is 18.4. The van der Waals surface area contributed by atoms with E-state index in [0.717, 1.165) is 16.9 Å². The predicted molar refractivity (Wildman–Crippen MR) is 94.0 cm³/mol. The van der Waals surface area contributed by atoms with E-state index in [0.29, 0.717) is 10.6 Å². The van der Waals surface area contributed by atoms with Crippen LogP contribution in [0.25, 0.3) is 0 Å². The standard InChI is InChI=1S/C18H19NO5S/c1-11(20)15-8-9-16(25-15)18(22)24-12(2)17(21)19-10-13-6-4-5-7-14(13)23-3/h4-9,12H,10H2,1-3H3,(H,19,21). The van der Waals surface area contributed by atoms with E-state index in [1.807, 2.05) is 18.2 Å². The van der Waals surface area contributed by atoms with Crippen LogP contribution in [-0.4, -0.2) is 30.9 Å². The summed E-state index contributed by atoms with van der Waals surface area (Å²) in [5.41, 5.74) is 0.821. The number of para-hydroxylation sites is 1. The van der Waals surface area contributed by atoms with Crippen LogP contribution >= 0.6 is 11.3 Å². The van der Waals surface area contributed by atoms with Gasteiger partial charge >= 0.3 is 5.97 Å². The highest BCUT2D eigenvalue weighted by atomic mass is 32.1. The minimum Gasteiger partial charge on any atom is -0.496 e. The summed E-state index contributed by atoms with van der Waals surface area (Å²) < 4.78 is 10.4. The smallest absolute Gasteiger partial charge is 0.349 e. The van der Waals surface area contributed by atoms with E-state index >= 15 is 0 Å². The number of thiophene rings is 1. The monoisotopic (exact) mass is 361 g/mol. The number of carbonyl (C=O) groups is 3. The van der Waals surface area contributed by atoms with Gasteiger partial charge in [-0.05, 0) is 32.0 Å². The van der Waals surface area contributed by atoms with Gasteiger partial charge in [0.05, 0.1) is 12.0 Å². The van der Waals surface area contributed by atoms with Crippen LogP contribution in [0.4, 0.5) is 0 Å². The Labute approximate surface area is 149 Å². The zero-order valence-corrected chi connectivity index (χ0v) is 15.0. The fourth-order valence-corrected chi connectivity index (χ4v) is 2.87. The molecule has 0 saturated carbocycles. The summed E-state index contributed by atoms with van der Waals surface area (Å²) in [6.07, 6.45) is -0.954. The first-order valence-corrected chi connectivity index (χ1v) is 8.45. The van der Waals surface area contributed by atoms with Crippen LogP contribution in [0.3, 0.4) is 0 Å². The van der Waals surface area contributed by atoms with E-state index in [9.17, 15) is 14.4 Å². The number of ether oxygens (including phenoxy) is 2. The molecule has 1 atom stereocenters. The van der Waals surface area contributed by atoms with Gasteiger partial charge in [0.2, 0.25) is 0 Å². The van der Waals surface area contributed by atoms with Crippen LogP contribution in [0.2, 0.25) is 0 Å². The largest absolute Gasteiger partial charge is 0.496 e. The van der Waals surface area contributed by atoms with Crippen molar-refractivity contribution in [2.24, 2.45) is 0 Å². The lowest BCUT2D eigenvalue weighted by molar-refractivity contribution is -0.129. The van der Waals surface area contributed by atoms with Gasteiger partial charge in [0.15, 0.2) is 11.9 Å². The van der Waals surface area contributed by atoms with Gasteiger partial charge in [0.1, 0.15) is 10.6 Å². The Kier molecular flexibility index (Phi) is 6.30. The summed E-state index contributed by atoms with van der Waals surface area (Å²) >= 11 is 1.05. The van der Waals surface area contributed by atoms with Gasteiger partial charge in [-0.3, -0.25) is 9.59 Å². The van der Waals surface area contributed by atoms with E-state index in [2.05, 4.69) is 5.32 Å². The molecule has 0 fully saturated rings. The predicted octanol–water partition coefficient (Wildman–Crippen LogP) is 2.82. The molecule has 6 nitrogen and oxygen atoms in total. The maximum atomic E-state index is 12.1. The van der Waals surface area contributed by atoms with Crippen molar-refractivity contribution in [1.82, 2.24) is 5.32 Å². The highest BCUT2D eigenvalue weighted by Gasteiger charge is 2.20. The number of benzene rings is 1. The van der Waals surface area contributed by atoms with Gasteiger partial charge in [-0.15, -0.1) is 11.3 Å². The van der Waals surface area contributed by atoms with Gasteiger partial charge in [0, 0.05) is 12.1 Å². The minimum absolute atomic E-state index is 0.119. The van der Waals surface area contributed by atoms with E-state index in [1.165, 1.54) is 19.9 Å². The van der Waals surface area contributed by atoms with Crippen LogP contribution < -0.4 is 10.1 Å². The molecule has 1 amide bonds. The van der Waals surface area contributed by atoms with E-state index in [-0.39, 0.29) is 17.2 Å². The van der Waals surface area contributed by atoms with Crippen LogP contribution in [-0.2, 0) is 16.1 Å². The molecule has 0 aliphatic carbocycles. The third-order valence-electron chi connectivity index (χ3n) is 3.45. The fourth-order valence-electron chi connectivity index (χ4n) is 2.08. The maximum Gasteiger partial charge on any atom is 0.349 e. The normalized spacial score (nSPS) is 11.5. The number of esters is 1. The molecule has 1 heterocycles. The number of hydrogen-bond donors (Lipinski definition) is 1. The SMILES string of the molecule is COc1ccccc1CNC(=O)C(C)OC(=O)c1ccc(C(C)=O)s1. The van der Waals surface area contributed by atoms with Gasteiger partial charge in [-0.25, -0.2) is 4.79 Å². The lowest BCUT2D eigenvalue weighted by atomic mass is 10.2. The van der Waals surface area contributed by atoms with Crippen molar-refractivity contribution in [1.29, 1.82) is 0 Å². The van der Waals surface area contributed by atoms with Crippen molar-refractivity contribution in [2.75, 3.05) is 7.11 Å². The van der Waals surface area contributed by atoms with Crippen molar-refractivity contribution < 1.29 is 23.9 Å². The Morgan fingerprint density at radius 3 is 2.44 bits per heavy atom. The molecule has 1 aromatic heterocycles. The van der Waals surface area contributed by atoms with Gasteiger partial charge in [-0.1, -0.05) is 18.2 Å². The molecule has 0 saturated heterocycles. The molecule has 0 bridgehead atoms. The van der Waals surface area contributed by atoms with Crippen molar-refractivity contribution >= 4 is 29.0 Å². The second kappa shape index (κ2) is 8.43. The molecule has 1 unspecified atom stereocenters. The average molecular weight is 361 g/mol. The highest BCUT2D eigenvalue weighted by molar-refractivity contribution is 7.15. The van der Waals surface area contributed by atoms with Crippen LogP contribution in [0.5, 0.6) is 5.75 Å². The first-order chi connectivity index (χ1) is 11.9. The zero-order valence-electron chi connectivity index (χ0n) is 14.2. The summed E-state index contributed by atoms with van der Waals surface area (Å²) in [6.45, 7) is 3.18. The number of nitrogens with one attached hydrogen (secondary N) is 1. The van der Waals surface area contributed by atoms with E-state index in [1.54, 1.807) is 19.2 Å². The van der Waals surface area contributed by atoms with Gasteiger partial charge < -0.3 is 14.8 Å². The first kappa shape index (κ1) is 18.7. The molecular formula is C18H19NO5S. The van der Waals surface area contributed by atoms with E-state index in [4.69, 9.17) is 9.47 Å². The van der Waals surface area contributed by atoms with Gasteiger partial charge in [0.25, 0.3) is 5.91 Å². The number of Topliss-reactive ketones (excluding diaryl/α,β-unsaturated/α-hetero) is 1. The Morgan fingerprint density at radius 2 is 1.80 bits per heavy atom. The van der Waals surface area contributed by atoms with Crippen LogP contribution in [0.1, 0.15) is 38.8 Å². The number of amides is 1. The summed E-state index contributed by atoms with van der Waals surface area (Å²) in [5.74, 6) is -0.491. The summed E-state index contributed by atoms with van der Waals surface area (Å²) in [5, 5.41) is 2.71. The molecular weight excluding hydrogens is 342 g/mol. The lowest BCUT2D eigenvalue weighted by Gasteiger charge is -2.14. The minimum atomic E-state index is -0.954. The van der Waals surface area contributed by atoms with Crippen molar-refractivity contribution in [3.63, 3.8) is 0 Å². The van der Waals surface area contributed by atoms with Crippen LogP contribution in [0, 0.1) is 0 Å². The molecule has 25 heavy (non-hydrogen) atoms. The second-order valence-electron chi connectivity index (χ2n) is 5.30. The topological polar surface area (TPSA) is 81.7 Å². The summed E-state index contributed by atoms with van der Waals surface area (Å²) in [4.78, 5) is 36.2. The summed E-state index contributed by atoms with van der Waals surface area (Å²) in [7, 11) is 1.56. The molecule has 132 valence electrons. The number of carbonyl (C=O) groups excluding carboxylic acids is 3. The lowest BCUT2D eigenvalue weighted by Crippen LogP contribution is -2.35. The van der Waals surface area contributed by atoms with Gasteiger partial charge in [-0.2, -0.15) is 0 Å². The molecule has 0 spiro atoms. The Bertz CT molecular complexity index is 783. The fraction of sp³-hybridized carbons (Fsp3) is 0.278. The Hall–Kier alpha value is -2.67. The molecule has 2 rings (SSSR count). The third kappa shape index (κ3) is 4.90. The second-order valence-corrected chi connectivity index (χ2v) is 6.38. The number of ketones is 1. The molecule has 1 N–H and O–H groups in total. The first-order valence-electron chi connectivity index (χ1n) is 7.63. The molecule has 0 aliphatic rings. The third-order valence-corrected chi connectivity index (χ3v) is 4.62. The molecule has 0 aliphatic heterocycles.